The fourth-order valence-electron chi connectivity index (χ4n) is 3.57. The van der Waals surface area contributed by atoms with Gasteiger partial charge < -0.3 is 0 Å². The van der Waals surface area contributed by atoms with E-state index in [0.717, 1.165) is 10.3 Å². The largest absolute Gasteiger partial charge is 0.332 e. The highest BCUT2D eigenvalue weighted by atomic mass is 19.1. The van der Waals surface area contributed by atoms with E-state index in [1.54, 1.807) is 34.8 Å². The molecule has 0 radical (unpaired) electrons. The maximum absolute atomic E-state index is 14.2. The molecule has 3 aromatic rings. The normalized spacial score (nSPS) is 16.1. The molecular weight excluding hydrogens is 375 g/mol. The molecule has 8 nitrogen and oxygen atoms in total. The van der Waals surface area contributed by atoms with Gasteiger partial charge in [-0.3, -0.25) is 18.5 Å². The summed E-state index contributed by atoms with van der Waals surface area (Å²) in [4.78, 5) is 30.3. The van der Waals surface area contributed by atoms with Crippen LogP contribution >= 0.6 is 0 Å². The van der Waals surface area contributed by atoms with Crippen molar-refractivity contribution in [2.75, 3.05) is 5.01 Å². The molecule has 0 spiro atoms. The number of hydrazone groups is 1. The summed E-state index contributed by atoms with van der Waals surface area (Å²) >= 11 is 0. The highest BCUT2D eigenvalue weighted by Crippen LogP contribution is 2.31. The molecule has 0 amide bonds. The number of hydrogen-bond donors (Lipinski definition) is 0. The number of hydrogen-bond acceptors (Lipinski definition) is 5. The number of aryl methyl sites for hydroxylation is 1. The van der Waals surface area contributed by atoms with Crippen LogP contribution in [-0.2, 0) is 20.1 Å². The monoisotopic (exact) mass is 396 g/mol. The molecular formula is C20H21FN6O2. The van der Waals surface area contributed by atoms with Crippen molar-refractivity contribution in [3.05, 3.63) is 69.1 Å². The standard InChI is InChI=1S/C20H21FN6O2/c1-5-10-25-18(28)16-17(24(4)20(25)29)22-19-26(23-12(2)13(3)27(16)19)11-14-8-6-7-9-15(14)21/h5-9,13H,1,10-11H2,2-4H3. The number of aromatic nitrogens is 4. The minimum atomic E-state index is -0.469. The zero-order chi connectivity index (χ0) is 20.9. The summed E-state index contributed by atoms with van der Waals surface area (Å²) < 4.78 is 18.4. The Balaban J connectivity index is 1.98. The molecule has 0 saturated carbocycles. The highest BCUT2D eigenvalue weighted by molar-refractivity contribution is 5.91. The fraction of sp³-hybridized carbons (Fsp3) is 0.300. The van der Waals surface area contributed by atoms with Crippen LogP contribution in [0, 0.1) is 5.82 Å². The molecule has 4 rings (SSSR count). The third kappa shape index (κ3) is 2.81. The lowest BCUT2D eigenvalue weighted by atomic mass is 10.2. The number of fused-ring (bicyclic) bond motifs is 3. The predicted octanol–water partition coefficient (Wildman–Crippen LogP) is 2.18. The first kappa shape index (κ1) is 18.9. The van der Waals surface area contributed by atoms with Crippen molar-refractivity contribution in [3.8, 4) is 0 Å². The first-order valence-electron chi connectivity index (χ1n) is 9.23. The number of anilines is 1. The number of rotatable bonds is 4. The Morgan fingerprint density at radius 2 is 2.00 bits per heavy atom. The molecule has 0 N–H and O–H groups in total. The molecule has 150 valence electrons. The number of halogens is 1. The van der Waals surface area contributed by atoms with Crippen molar-refractivity contribution >= 4 is 22.8 Å². The Kier molecular flexibility index (Phi) is 4.45. The average molecular weight is 396 g/mol. The minimum Gasteiger partial charge on any atom is -0.294 e. The van der Waals surface area contributed by atoms with E-state index < -0.39 is 11.2 Å². The smallest absolute Gasteiger partial charge is 0.294 e. The van der Waals surface area contributed by atoms with E-state index in [2.05, 4.69) is 16.7 Å². The Morgan fingerprint density at radius 1 is 1.28 bits per heavy atom. The fourth-order valence-corrected chi connectivity index (χ4v) is 3.57. The molecule has 0 aliphatic carbocycles. The molecule has 0 fully saturated rings. The number of nitrogens with zero attached hydrogens (tertiary/aromatic N) is 6. The predicted molar refractivity (Wildman–Crippen MR) is 110 cm³/mol. The summed E-state index contributed by atoms with van der Waals surface area (Å²) in [6, 6.07) is 6.20. The van der Waals surface area contributed by atoms with Crippen LogP contribution in [0.4, 0.5) is 10.3 Å². The van der Waals surface area contributed by atoms with Gasteiger partial charge >= 0.3 is 5.69 Å². The summed E-state index contributed by atoms with van der Waals surface area (Å²) in [5.74, 6) is 0.0483. The Labute approximate surface area is 165 Å². The van der Waals surface area contributed by atoms with Crippen LogP contribution in [0.25, 0.3) is 11.2 Å². The van der Waals surface area contributed by atoms with Crippen LogP contribution in [0.2, 0.25) is 0 Å². The second-order valence-corrected chi connectivity index (χ2v) is 7.07. The van der Waals surface area contributed by atoms with Gasteiger partial charge in [-0.25, -0.2) is 14.2 Å². The number of benzene rings is 1. The van der Waals surface area contributed by atoms with Crippen molar-refractivity contribution in [1.82, 2.24) is 18.7 Å². The molecule has 3 heterocycles. The highest BCUT2D eigenvalue weighted by Gasteiger charge is 2.30. The van der Waals surface area contributed by atoms with Gasteiger partial charge in [-0.1, -0.05) is 24.3 Å². The molecule has 0 bridgehead atoms. The van der Waals surface area contributed by atoms with Crippen LogP contribution < -0.4 is 16.3 Å². The van der Waals surface area contributed by atoms with E-state index in [-0.39, 0.29) is 30.6 Å². The van der Waals surface area contributed by atoms with E-state index >= 15 is 0 Å². The van der Waals surface area contributed by atoms with Crippen molar-refractivity contribution < 1.29 is 4.39 Å². The van der Waals surface area contributed by atoms with E-state index in [9.17, 15) is 14.0 Å². The van der Waals surface area contributed by atoms with E-state index in [1.165, 1.54) is 16.7 Å². The third-order valence-corrected chi connectivity index (χ3v) is 5.25. The van der Waals surface area contributed by atoms with Crippen LogP contribution in [0.15, 0.2) is 51.6 Å². The summed E-state index contributed by atoms with van der Waals surface area (Å²) in [5.41, 5.74) is 0.875. The molecule has 0 saturated heterocycles. The zero-order valence-corrected chi connectivity index (χ0v) is 16.5. The first-order chi connectivity index (χ1) is 13.8. The zero-order valence-electron chi connectivity index (χ0n) is 16.5. The van der Waals surface area contributed by atoms with Gasteiger partial charge in [0.1, 0.15) is 5.82 Å². The maximum Gasteiger partial charge on any atom is 0.332 e. The molecule has 1 aromatic carbocycles. The van der Waals surface area contributed by atoms with Gasteiger partial charge in [0.05, 0.1) is 18.3 Å². The molecule has 29 heavy (non-hydrogen) atoms. The van der Waals surface area contributed by atoms with E-state index in [1.807, 2.05) is 13.8 Å². The Morgan fingerprint density at radius 3 is 2.69 bits per heavy atom. The quantitative estimate of drug-likeness (QED) is 0.634. The van der Waals surface area contributed by atoms with E-state index in [4.69, 9.17) is 0 Å². The van der Waals surface area contributed by atoms with Gasteiger partial charge in [0.2, 0.25) is 5.95 Å². The second kappa shape index (κ2) is 6.84. The maximum atomic E-state index is 14.2. The van der Waals surface area contributed by atoms with Gasteiger partial charge in [0.25, 0.3) is 5.56 Å². The van der Waals surface area contributed by atoms with Crippen LogP contribution in [0.1, 0.15) is 25.5 Å². The molecule has 1 unspecified atom stereocenters. The summed E-state index contributed by atoms with van der Waals surface area (Å²) in [5, 5.41) is 6.13. The van der Waals surface area contributed by atoms with Gasteiger partial charge in [0.15, 0.2) is 11.2 Å². The molecule has 1 aliphatic rings. The lowest BCUT2D eigenvalue weighted by molar-refractivity contribution is 0.591. The first-order valence-corrected chi connectivity index (χ1v) is 9.23. The summed E-state index contributed by atoms with van der Waals surface area (Å²) in [6.45, 7) is 7.63. The Hall–Kier alpha value is -3.49. The minimum absolute atomic E-state index is 0.0996. The van der Waals surface area contributed by atoms with Gasteiger partial charge in [0, 0.05) is 19.2 Å². The van der Waals surface area contributed by atoms with Crippen molar-refractivity contribution in [2.45, 2.75) is 33.0 Å². The Bertz CT molecular complexity index is 1280. The SMILES string of the molecule is C=CCn1c(=O)c2c(nc3n2C(C)C(C)=NN3Cc2ccccc2F)n(C)c1=O. The van der Waals surface area contributed by atoms with Crippen molar-refractivity contribution in [1.29, 1.82) is 0 Å². The summed E-state index contributed by atoms with van der Waals surface area (Å²) in [6.07, 6.45) is 1.50. The molecule has 1 atom stereocenters. The number of imidazole rings is 1. The van der Waals surface area contributed by atoms with Crippen molar-refractivity contribution in [3.63, 3.8) is 0 Å². The third-order valence-electron chi connectivity index (χ3n) is 5.25. The van der Waals surface area contributed by atoms with Crippen LogP contribution in [0.5, 0.6) is 0 Å². The van der Waals surface area contributed by atoms with Gasteiger partial charge in [-0.15, -0.1) is 6.58 Å². The summed E-state index contributed by atoms with van der Waals surface area (Å²) in [7, 11) is 1.57. The average Bonchev–Trinajstić information content (AvgIpc) is 3.10. The lowest BCUT2D eigenvalue weighted by Crippen LogP contribution is -2.40. The number of allylic oxidation sites excluding steroid dienone is 1. The van der Waals surface area contributed by atoms with Crippen LogP contribution in [-0.4, -0.2) is 24.4 Å². The molecule has 9 heteroatoms. The topological polar surface area (TPSA) is 77.4 Å². The van der Waals surface area contributed by atoms with Gasteiger partial charge in [-0.2, -0.15) is 10.1 Å². The molecule has 2 aromatic heterocycles. The second-order valence-electron chi connectivity index (χ2n) is 7.07. The van der Waals surface area contributed by atoms with Gasteiger partial charge in [-0.05, 0) is 19.9 Å². The van der Waals surface area contributed by atoms with E-state index in [0.29, 0.717) is 17.0 Å². The van der Waals surface area contributed by atoms with Crippen LogP contribution in [0.3, 0.4) is 0 Å². The van der Waals surface area contributed by atoms with Crippen molar-refractivity contribution in [2.24, 2.45) is 12.1 Å². The lowest BCUT2D eigenvalue weighted by Gasteiger charge is -2.29. The molecule has 1 aliphatic heterocycles.